The summed E-state index contributed by atoms with van der Waals surface area (Å²) in [4.78, 5) is 12.1. The summed E-state index contributed by atoms with van der Waals surface area (Å²) in [6.07, 6.45) is 4.81. The van der Waals surface area contributed by atoms with Gasteiger partial charge in [-0.3, -0.25) is 4.79 Å². The molecule has 1 aromatic rings. The summed E-state index contributed by atoms with van der Waals surface area (Å²) in [6.45, 7) is 8.94. The average molecular weight is 286 g/mol. The average Bonchev–Trinajstić information content (AvgIpc) is 2.37. The minimum Gasteiger partial charge on any atom is -0.380 e. The van der Waals surface area contributed by atoms with E-state index in [1.807, 2.05) is 13.8 Å². The zero-order valence-electron chi connectivity index (χ0n) is 12.2. The van der Waals surface area contributed by atoms with Crippen LogP contribution >= 0.6 is 11.6 Å². The number of nitrogens with zero attached hydrogens (tertiary/aromatic N) is 2. The Balaban J connectivity index is 2.92. The molecule has 1 aromatic heterocycles. The highest BCUT2D eigenvalue weighted by atomic mass is 35.5. The van der Waals surface area contributed by atoms with Crippen LogP contribution in [0.25, 0.3) is 0 Å². The summed E-state index contributed by atoms with van der Waals surface area (Å²) in [6, 6.07) is 0.338. The second kappa shape index (κ2) is 7.53. The van der Waals surface area contributed by atoms with Crippen molar-refractivity contribution >= 4 is 17.3 Å². The van der Waals surface area contributed by atoms with Crippen LogP contribution in [0.2, 0.25) is 5.02 Å². The van der Waals surface area contributed by atoms with E-state index in [9.17, 15) is 4.79 Å². The Morgan fingerprint density at radius 3 is 2.63 bits per heavy atom. The van der Waals surface area contributed by atoms with E-state index in [1.165, 1.54) is 4.68 Å². The molecule has 0 amide bonds. The lowest BCUT2D eigenvalue weighted by atomic mass is 10.1. The summed E-state index contributed by atoms with van der Waals surface area (Å²) >= 11 is 6.15. The molecule has 0 bridgehead atoms. The van der Waals surface area contributed by atoms with Crippen LogP contribution in [0, 0.1) is 5.92 Å². The third-order valence-electron chi connectivity index (χ3n) is 3.01. The molecule has 5 heteroatoms. The molecule has 0 radical (unpaired) electrons. The van der Waals surface area contributed by atoms with E-state index < -0.39 is 0 Å². The lowest BCUT2D eigenvalue weighted by Crippen LogP contribution is -2.28. The number of halogens is 1. The maximum absolute atomic E-state index is 12.1. The topological polar surface area (TPSA) is 46.9 Å². The summed E-state index contributed by atoms with van der Waals surface area (Å²) in [5, 5.41) is 7.74. The Morgan fingerprint density at radius 2 is 2.11 bits per heavy atom. The Bertz CT molecular complexity index is 456. The second-order valence-electron chi connectivity index (χ2n) is 5.29. The monoisotopic (exact) mass is 285 g/mol. The van der Waals surface area contributed by atoms with Gasteiger partial charge in [0.15, 0.2) is 0 Å². The molecule has 0 aromatic carbocycles. The van der Waals surface area contributed by atoms with Gasteiger partial charge in [-0.05, 0) is 18.8 Å². The van der Waals surface area contributed by atoms with Crippen LogP contribution in [0.5, 0.6) is 0 Å². The minimum absolute atomic E-state index is 0.216. The standard InChI is InChI=1S/C14H24ClN3O/c1-5-7-11(6-2)17-12-8-16-18(9-10(3)4)14(19)13(12)15/h8,10-11,17H,5-7,9H2,1-4H3. The van der Waals surface area contributed by atoms with Crippen molar-refractivity contribution in [3.8, 4) is 0 Å². The van der Waals surface area contributed by atoms with Gasteiger partial charge in [-0.1, -0.05) is 45.7 Å². The molecule has 1 heterocycles. The molecule has 0 spiro atoms. The molecule has 0 aliphatic carbocycles. The third-order valence-corrected chi connectivity index (χ3v) is 3.38. The van der Waals surface area contributed by atoms with Crippen LogP contribution in [0.3, 0.4) is 0 Å². The fourth-order valence-electron chi connectivity index (χ4n) is 1.99. The molecule has 108 valence electrons. The highest BCUT2D eigenvalue weighted by Gasteiger charge is 2.13. The van der Waals surface area contributed by atoms with Gasteiger partial charge in [0.05, 0.1) is 11.9 Å². The molecule has 1 N–H and O–H groups in total. The van der Waals surface area contributed by atoms with Crippen molar-refractivity contribution in [2.24, 2.45) is 5.92 Å². The van der Waals surface area contributed by atoms with Gasteiger partial charge in [0, 0.05) is 12.6 Å². The Morgan fingerprint density at radius 1 is 1.42 bits per heavy atom. The first-order valence-electron chi connectivity index (χ1n) is 7.01. The molecule has 0 fully saturated rings. The van der Waals surface area contributed by atoms with Crippen LogP contribution in [0.4, 0.5) is 5.69 Å². The lowest BCUT2D eigenvalue weighted by Gasteiger charge is -2.18. The molecule has 0 saturated carbocycles. The molecule has 1 unspecified atom stereocenters. The zero-order valence-corrected chi connectivity index (χ0v) is 13.0. The van der Waals surface area contributed by atoms with E-state index in [0.717, 1.165) is 19.3 Å². The molecule has 0 aliphatic heterocycles. The van der Waals surface area contributed by atoms with Crippen LogP contribution in [0.1, 0.15) is 47.0 Å². The summed E-state index contributed by atoms with van der Waals surface area (Å²) in [5.74, 6) is 0.364. The molecule has 1 atom stereocenters. The van der Waals surface area contributed by atoms with Gasteiger partial charge in [-0.15, -0.1) is 0 Å². The molecular formula is C14H24ClN3O. The van der Waals surface area contributed by atoms with Crippen LogP contribution < -0.4 is 10.9 Å². The van der Waals surface area contributed by atoms with E-state index in [2.05, 4.69) is 24.3 Å². The van der Waals surface area contributed by atoms with Gasteiger partial charge in [-0.2, -0.15) is 5.10 Å². The van der Waals surface area contributed by atoms with Crippen molar-refractivity contribution in [3.05, 3.63) is 21.6 Å². The smallest absolute Gasteiger partial charge is 0.287 e. The van der Waals surface area contributed by atoms with E-state index in [4.69, 9.17) is 11.6 Å². The third kappa shape index (κ3) is 4.53. The van der Waals surface area contributed by atoms with Crippen molar-refractivity contribution < 1.29 is 0 Å². The predicted octanol–water partition coefficient (Wildman–Crippen LogP) is 3.54. The number of rotatable bonds is 7. The number of aromatic nitrogens is 2. The Kier molecular flexibility index (Phi) is 6.35. The molecule has 19 heavy (non-hydrogen) atoms. The molecule has 4 nitrogen and oxygen atoms in total. The van der Waals surface area contributed by atoms with Gasteiger partial charge in [-0.25, -0.2) is 4.68 Å². The molecular weight excluding hydrogens is 262 g/mol. The maximum Gasteiger partial charge on any atom is 0.287 e. The SMILES string of the molecule is CCCC(CC)Nc1cnn(CC(C)C)c(=O)c1Cl. The van der Waals surface area contributed by atoms with Crippen molar-refractivity contribution in [3.63, 3.8) is 0 Å². The lowest BCUT2D eigenvalue weighted by molar-refractivity contribution is 0.464. The van der Waals surface area contributed by atoms with E-state index in [-0.39, 0.29) is 10.6 Å². The Hall–Kier alpha value is -1.03. The van der Waals surface area contributed by atoms with Crippen LogP contribution in [0.15, 0.2) is 11.0 Å². The van der Waals surface area contributed by atoms with E-state index in [0.29, 0.717) is 24.2 Å². The van der Waals surface area contributed by atoms with Gasteiger partial charge >= 0.3 is 0 Å². The first kappa shape index (κ1) is 16.0. The van der Waals surface area contributed by atoms with Crippen molar-refractivity contribution in [2.75, 3.05) is 5.32 Å². The van der Waals surface area contributed by atoms with Crippen LogP contribution in [-0.4, -0.2) is 15.8 Å². The van der Waals surface area contributed by atoms with E-state index in [1.54, 1.807) is 6.20 Å². The van der Waals surface area contributed by atoms with Gasteiger partial charge in [0.2, 0.25) is 0 Å². The fraction of sp³-hybridized carbons (Fsp3) is 0.714. The number of nitrogens with one attached hydrogen (secondary N) is 1. The summed E-state index contributed by atoms with van der Waals surface area (Å²) < 4.78 is 1.43. The fourth-order valence-corrected chi connectivity index (χ4v) is 2.19. The number of hydrogen-bond acceptors (Lipinski definition) is 3. The quantitative estimate of drug-likeness (QED) is 0.833. The Labute approximate surface area is 120 Å². The first-order chi connectivity index (χ1) is 8.99. The van der Waals surface area contributed by atoms with Crippen molar-refractivity contribution in [2.45, 2.75) is 59.5 Å². The highest BCUT2D eigenvalue weighted by Crippen LogP contribution is 2.19. The van der Waals surface area contributed by atoms with Crippen molar-refractivity contribution in [1.82, 2.24) is 9.78 Å². The van der Waals surface area contributed by atoms with E-state index >= 15 is 0 Å². The van der Waals surface area contributed by atoms with Gasteiger partial charge < -0.3 is 5.32 Å². The highest BCUT2D eigenvalue weighted by molar-refractivity contribution is 6.32. The summed E-state index contributed by atoms with van der Waals surface area (Å²) in [7, 11) is 0. The maximum atomic E-state index is 12.1. The number of hydrogen-bond donors (Lipinski definition) is 1. The minimum atomic E-state index is -0.216. The number of anilines is 1. The predicted molar refractivity (Wildman–Crippen MR) is 81.0 cm³/mol. The zero-order chi connectivity index (χ0) is 14.4. The first-order valence-corrected chi connectivity index (χ1v) is 7.39. The normalized spacial score (nSPS) is 12.7. The molecule has 0 aliphatic rings. The van der Waals surface area contributed by atoms with Crippen molar-refractivity contribution in [1.29, 1.82) is 0 Å². The van der Waals surface area contributed by atoms with Crippen LogP contribution in [-0.2, 0) is 6.54 Å². The second-order valence-corrected chi connectivity index (χ2v) is 5.67. The largest absolute Gasteiger partial charge is 0.380 e. The van der Waals surface area contributed by atoms with Gasteiger partial charge in [0.1, 0.15) is 5.02 Å². The molecule has 1 rings (SSSR count). The van der Waals surface area contributed by atoms with Gasteiger partial charge in [0.25, 0.3) is 5.56 Å². The molecule has 0 saturated heterocycles. The summed E-state index contributed by atoms with van der Waals surface area (Å²) in [5.41, 5.74) is 0.429.